The van der Waals surface area contributed by atoms with Crippen molar-refractivity contribution >= 4 is 12.0 Å². The summed E-state index contributed by atoms with van der Waals surface area (Å²) in [6, 6.07) is 7.30. The Labute approximate surface area is 180 Å². The van der Waals surface area contributed by atoms with E-state index in [4.69, 9.17) is 9.47 Å². The van der Waals surface area contributed by atoms with E-state index in [2.05, 4.69) is 30.4 Å². The van der Waals surface area contributed by atoms with Crippen molar-refractivity contribution in [1.29, 1.82) is 0 Å². The van der Waals surface area contributed by atoms with Crippen molar-refractivity contribution in [2.45, 2.75) is 6.92 Å². The zero-order chi connectivity index (χ0) is 21.5. The lowest BCUT2D eigenvalue weighted by molar-refractivity contribution is 0.0317. The molecule has 1 aliphatic heterocycles. The van der Waals surface area contributed by atoms with Crippen molar-refractivity contribution in [3.63, 3.8) is 0 Å². The SMILES string of the molecule is Cc1ccc(O)c(C=NNc2cc(-n3ccnc3)nc(OCCN3CCOCC3)n2)c1. The number of hydrogen-bond donors (Lipinski definition) is 2. The van der Waals surface area contributed by atoms with Crippen molar-refractivity contribution in [3.8, 4) is 17.6 Å². The van der Waals surface area contributed by atoms with E-state index in [-0.39, 0.29) is 11.8 Å². The Hall–Kier alpha value is -3.50. The number of phenolic OH excluding ortho intramolecular Hbond substituents is 1. The normalized spacial score (nSPS) is 14.7. The molecule has 162 valence electrons. The first-order valence-corrected chi connectivity index (χ1v) is 10.1. The van der Waals surface area contributed by atoms with Gasteiger partial charge >= 0.3 is 6.01 Å². The highest BCUT2D eigenvalue weighted by Crippen LogP contribution is 2.18. The van der Waals surface area contributed by atoms with Crippen LogP contribution >= 0.6 is 0 Å². The standard InChI is InChI=1S/C21H25N7O3/c1-16-2-3-18(29)17(12-16)14-23-26-19-13-20(28-5-4-22-15-28)25-21(24-19)31-11-8-27-6-9-30-10-7-27/h2-5,12-15,29H,6-11H2,1H3,(H,24,25,26). The smallest absolute Gasteiger partial charge is 0.320 e. The summed E-state index contributed by atoms with van der Waals surface area (Å²) >= 11 is 0. The van der Waals surface area contributed by atoms with Gasteiger partial charge in [0.15, 0.2) is 5.82 Å². The van der Waals surface area contributed by atoms with Crippen LogP contribution in [0.4, 0.5) is 5.82 Å². The summed E-state index contributed by atoms with van der Waals surface area (Å²) in [6.07, 6.45) is 6.66. The van der Waals surface area contributed by atoms with E-state index in [1.54, 1.807) is 41.6 Å². The average molecular weight is 423 g/mol. The molecule has 10 heteroatoms. The molecule has 0 aliphatic carbocycles. The molecule has 1 fully saturated rings. The molecule has 0 bridgehead atoms. The molecule has 3 heterocycles. The summed E-state index contributed by atoms with van der Waals surface area (Å²) in [4.78, 5) is 15.2. The van der Waals surface area contributed by atoms with Crippen molar-refractivity contribution in [2.75, 3.05) is 44.9 Å². The Morgan fingerprint density at radius 2 is 2.13 bits per heavy atom. The monoisotopic (exact) mass is 423 g/mol. The van der Waals surface area contributed by atoms with E-state index in [0.29, 0.717) is 23.8 Å². The van der Waals surface area contributed by atoms with Crippen LogP contribution in [0.15, 0.2) is 48.1 Å². The van der Waals surface area contributed by atoms with Crippen LogP contribution in [-0.4, -0.2) is 75.2 Å². The number of aryl methyl sites for hydroxylation is 1. The molecule has 0 saturated carbocycles. The third-order valence-corrected chi connectivity index (χ3v) is 4.77. The first kappa shape index (κ1) is 20.8. The first-order chi connectivity index (χ1) is 15.2. The molecule has 1 aromatic carbocycles. The predicted molar refractivity (Wildman–Crippen MR) is 116 cm³/mol. The van der Waals surface area contributed by atoms with Gasteiger partial charge in [0.05, 0.1) is 19.4 Å². The van der Waals surface area contributed by atoms with Crippen LogP contribution in [0, 0.1) is 6.92 Å². The van der Waals surface area contributed by atoms with Crippen LogP contribution in [-0.2, 0) is 4.74 Å². The molecule has 2 aromatic heterocycles. The van der Waals surface area contributed by atoms with Crippen LogP contribution in [0.1, 0.15) is 11.1 Å². The minimum atomic E-state index is 0.157. The number of ether oxygens (including phenoxy) is 2. The van der Waals surface area contributed by atoms with Crippen LogP contribution < -0.4 is 10.2 Å². The van der Waals surface area contributed by atoms with Gasteiger partial charge in [0.1, 0.15) is 24.5 Å². The highest BCUT2D eigenvalue weighted by atomic mass is 16.5. The second kappa shape index (κ2) is 10.0. The van der Waals surface area contributed by atoms with E-state index in [1.165, 1.54) is 0 Å². The molecule has 4 rings (SSSR count). The molecule has 0 atom stereocenters. The fraction of sp³-hybridized carbons (Fsp3) is 0.333. The maximum absolute atomic E-state index is 9.96. The summed E-state index contributed by atoms with van der Waals surface area (Å²) in [5.74, 6) is 1.22. The lowest BCUT2D eigenvalue weighted by Gasteiger charge is -2.26. The van der Waals surface area contributed by atoms with Gasteiger partial charge in [-0.15, -0.1) is 0 Å². The Morgan fingerprint density at radius 1 is 1.26 bits per heavy atom. The molecule has 31 heavy (non-hydrogen) atoms. The highest BCUT2D eigenvalue weighted by Gasteiger charge is 2.12. The third kappa shape index (κ3) is 5.77. The van der Waals surface area contributed by atoms with Gasteiger partial charge < -0.3 is 14.6 Å². The van der Waals surface area contributed by atoms with Gasteiger partial charge in [-0.3, -0.25) is 14.9 Å². The zero-order valence-electron chi connectivity index (χ0n) is 17.3. The molecular weight excluding hydrogens is 398 g/mol. The van der Waals surface area contributed by atoms with Gasteiger partial charge in [-0.05, 0) is 19.1 Å². The van der Waals surface area contributed by atoms with Gasteiger partial charge in [-0.2, -0.15) is 15.1 Å². The maximum atomic E-state index is 9.96. The number of hydrogen-bond acceptors (Lipinski definition) is 9. The fourth-order valence-electron chi connectivity index (χ4n) is 3.10. The Morgan fingerprint density at radius 3 is 2.94 bits per heavy atom. The minimum absolute atomic E-state index is 0.157. The van der Waals surface area contributed by atoms with Crippen LogP contribution in [0.5, 0.6) is 11.8 Å². The van der Waals surface area contributed by atoms with Gasteiger partial charge in [0, 0.05) is 43.7 Å². The van der Waals surface area contributed by atoms with Gasteiger partial charge in [0.2, 0.25) is 0 Å². The Balaban J connectivity index is 1.46. The van der Waals surface area contributed by atoms with E-state index < -0.39 is 0 Å². The maximum Gasteiger partial charge on any atom is 0.320 e. The fourth-order valence-corrected chi connectivity index (χ4v) is 3.10. The second-order valence-corrected chi connectivity index (χ2v) is 7.10. The summed E-state index contributed by atoms with van der Waals surface area (Å²) in [5.41, 5.74) is 4.53. The zero-order valence-corrected chi connectivity index (χ0v) is 17.3. The molecule has 0 unspecified atom stereocenters. The van der Waals surface area contributed by atoms with Crippen LogP contribution in [0.3, 0.4) is 0 Å². The number of morpholine rings is 1. The number of aromatic nitrogens is 4. The van der Waals surface area contributed by atoms with E-state index >= 15 is 0 Å². The minimum Gasteiger partial charge on any atom is -0.507 e. The number of phenols is 1. The molecule has 0 radical (unpaired) electrons. The van der Waals surface area contributed by atoms with Gasteiger partial charge in [-0.1, -0.05) is 11.6 Å². The first-order valence-electron chi connectivity index (χ1n) is 10.1. The topological polar surface area (TPSA) is 110 Å². The van der Waals surface area contributed by atoms with E-state index in [1.807, 2.05) is 19.1 Å². The molecule has 1 saturated heterocycles. The molecule has 0 amide bonds. The summed E-state index contributed by atoms with van der Waals surface area (Å²) in [6.45, 7) is 6.47. The number of hydrazone groups is 1. The quantitative estimate of drug-likeness (QED) is 0.417. The Kier molecular flexibility index (Phi) is 6.70. The number of benzene rings is 1. The highest BCUT2D eigenvalue weighted by molar-refractivity contribution is 5.84. The predicted octanol–water partition coefficient (Wildman–Crippen LogP) is 1.83. The molecule has 10 nitrogen and oxygen atoms in total. The number of nitrogens with one attached hydrogen (secondary N) is 1. The van der Waals surface area contributed by atoms with Gasteiger partial charge in [0.25, 0.3) is 0 Å². The third-order valence-electron chi connectivity index (χ3n) is 4.77. The van der Waals surface area contributed by atoms with E-state index in [0.717, 1.165) is 38.4 Å². The van der Waals surface area contributed by atoms with Crippen LogP contribution in [0.25, 0.3) is 5.82 Å². The van der Waals surface area contributed by atoms with Crippen molar-refractivity contribution in [1.82, 2.24) is 24.4 Å². The summed E-state index contributed by atoms with van der Waals surface area (Å²) in [7, 11) is 0. The summed E-state index contributed by atoms with van der Waals surface area (Å²) in [5, 5.41) is 14.2. The van der Waals surface area contributed by atoms with Crippen molar-refractivity contribution in [2.24, 2.45) is 5.10 Å². The average Bonchev–Trinajstić information content (AvgIpc) is 3.32. The lowest BCUT2D eigenvalue weighted by atomic mass is 10.1. The Bertz CT molecular complexity index is 1020. The number of rotatable bonds is 8. The molecule has 1 aliphatic rings. The molecule has 3 aromatic rings. The number of anilines is 1. The molecular formula is C21H25N7O3. The lowest BCUT2D eigenvalue weighted by Crippen LogP contribution is -2.38. The number of aromatic hydroxyl groups is 1. The summed E-state index contributed by atoms with van der Waals surface area (Å²) < 4.78 is 12.9. The molecule has 2 N–H and O–H groups in total. The molecule has 0 spiro atoms. The van der Waals surface area contributed by atoms with Gasteiger partial charge in [-0.25, -0.2) is 4.98 Å². The largest absolute Gasteiger partial charge is 0.507 e. The number of nitrogens with zero attached hydrogens (tertiary/aromatic N) is 6. The second-order valence-electron chi connectivity index (χ2n) is 7.10. The van der Waals surface area contributed by atoms with Crippen LogP contribution in [0.2, 0.25) is 0 Å². The van der Waals surface area contributed by atoms with E-state index in [9.17, 15) is 5.11 Å². The van der Waals surface area contributed by atoms with Crippen molar-refractivity contribution in [3.05, 3.63) is 54.1 Å². The number of imidazole rings is 1. The van der Waals surface area contributed by atoms with Crippen molar-refractivity contribution < 1.29 is 14.6 Å².